The molecule has 0 unspecified atom stereocenters. The number of carbonyl (C=O) groups is 1. The summed E-state index contributed by atoms with van der Waals surface area (Å²) >= 11 is 0. The molecule has 0 radical (unpaired) electrons. The molecule has 0 fully saturated rings. The molecule has 0 aliphatic heterocycles. The van der Waals surface area contributed by atoms with Gasteiger partial charge in [-0.25, -0.2) is 0 Å². The van der Waals surface area contributed by atoms with E-state index < -0.39 is 7.12 Å². The minimum Gasteiger partial charge on any atom is -0.426 e. The Kier molecular flexibility index (Phi) is 4.97. The molecule has 0 saturated carbocycles. The average Bonchev–Trinajstić information content (AvgIpc) is 1.85. The van der Waals surface area contributed by atoms with Gasteiger partial charge in [0.15, 0.2) is 0 Å². The van der Waals surface area contributed by atoms with Crippen molar-refractivity contribution in [1.82, 2.24) is 5.32 Å². The summed E-state index contributed by atoms with van der Waals surface area (Å²) < 4.78 is 0. The minimum absolute atomic E-state index is 0.0845. The van der Waals surface area contributed by atoms with E-state index in [0.29, 0.717) is 6.42 Å². The predicted molar refractivity (Wildman–Crippen MR) is 38.1 cm³/mol. The van der Waals surface area contributed by atoms with Crippen LogP contribution in [0.2, 0.25) is 0 Å². The van der Waals surface area contributed by atoms with Crippen molar-refractivity contribution in [3.63, 3.8) is 0 Å². The second-order valence-corrected chi connectivity index (χ2v) is 2.03. The van der Waals surface area contributed by atoms with Crippen molar-refractivity contribution >= 4 is 13.0 Å². The van der Waals surface area contributed by atoms with Crippen LogP contribution in [0.1, 0.15) is 19.8 Å². The molecule has 0 aromatic carbocycles. The molecule has 3 N–H and O–H groups in total. The van der Waals surface area contributed by atoms with Crippen molar-refractivity contribution < 1.29 is 14.8 Å². The summed E-state index contributed by atoms with van der Waals surface area (Å²) in [4.78, 5) is 10.6. The number of rotatable bonds is 4. The molecule has 0 bridgehead atoms. The van der Waals surface area contributed by atoms with Crippen LogP contribution in [0.5, 0.6) is 0 Å². The summed E-state index contributed by atoms with van der Waals surface area (Å²) in [5, 5.41) is 19.0. The highest BCUT2D eigenvalue weighted by atomic mass is 16.4. The van der Waals surface area contributed by atoms with Crippen LogP contribution < -0.4 is 5.32 Å². The van der Waals surface area contributed by atoms with Crippen molar-refractivity contribution in [3.8, 4) is 0 Å². The molecular formula is C5H12BNO3. The van der Waals surface area contributed by atoms with Crippen LogP contribution in [0.25, 0.3) is 0 Å². The van der Waals surface area contributed by atoms with Crippen LogP contribution in [0.15, 0.2) is 0 Å². The Labute approximate surface area is 60.4 Å². The number of nitrogens with one attached hydrogen (secondary N) is 1. The highest BCUT2D eigenvalue weighted by Crippen LogP contribution is 1.84. The zero-order valence-electron chi connectivity index (χ0n) is 6.00. The van der Waals surface area contributed by atoms with Gasteiger partial charge in [-0.3, -0.25) is 4.79 Å². The molecule has 0 atom stereocenters. The van der Waals surface area contributed by atoms with Gasteiger partial charge >= 0.3 is 7.12 Å². The standard InChI is InChI=1S/C5H12BNO3/c1-2-3-5(8)7-4-6(9)10/h9-10H,2-4H2,1H3,(H,7,8). The molecule has 5 heteroatoms. The first-order chi connectivity index (χ1) is 4.66. The largest absolute Gasteiger partial charge is 0.472 e. The third-order valence-electron chi connectivity index (χ3n) is 0.959. The van der Waals surface area contributed by atoms with Crippen LogP contribution in [-0.4, -0.2) is 29.5 Å². The molecule has 58 valence electrons. The van der Waals surface area contributed by atoms with Gasteiger partial charge in [-0.2, -0.15) is 0 Å². The van der Waals surface area contributed by atoms with Gasteiger partial charge in [-0.15, -0.1) is 0 Å². The molecule has 0 aliphatic carbocycles. The van der Waals surface area contributed by atoms with Gasteiger partial charge in [0, 0.05) is 6.42 Å². The lowest BCUT2D eigenvalue weighted by Crippen LogP contribution is -2.34. The molecule has 0 aromatic rings. The first-order valence-corrected chi connectivity index (χ1v) is 3.29. The summed E-state index contributed by atoms with van der Waals surface area (Å²) in [6.45, 7) is 1.88. The monoisotopic (exact) mass is 145 g/mol. The van der Waals surface area contributed by atoms with E-state index in [0.717, 1.165) is 6.42 Å². The molecule has 0 aromatic heterocycles. The van der Waals surface area contributed by atoms with Gasteiger partial charge in [0.1, 0.15) is 0 Å². The lowest BCUT2D eigenvalue weighted by Gasteiger charge is -2.01. The van der Waals surface area contributed by atoms with E-state index in [1.54, 1.807) is 0 Å². The summed E-state index contributed by atoms with van der Waals surface area (Å²) in [6, 6.07) is 0. The maximum atomic E-state index is 10.6. The van der Waals surface area contributed by atoms with Gasteiger partial charge < -0.3 is 15.4 Å². The lowest BCUT2D eigenvalue weighted by atomic mass is 9.92. The Hall–Kier alpha value is -0.545. The Morgan fingerprint density at radius 2 is 2.20 bits per heavy atom. The molecule has 0 heterocycles. The van der Waals surface area contributed by atoms with Crippen molar-refractivity contribution in [2.75, 3.05) is 6.44 Å². The summed E-state index contributed by atoms with van der Waals surface area (Å²) in [6.07, 6.45) is 1.12. The first-order valence-electron chi connectivity index (χ1n) is 3.29. The summed E-state index contributed by atoms with van der Waals surface area (Å²) in [5.41, 5.74) is 0. The fourth-order valence-electron chi connectivity index (χ4n) is 0.521. The zero-order chi connectivity index (χ0) is 7.98. The zero-order valence-corrected chi connectivity index (χ0v) is 6.00. The maximum absolute atomic E-state index is 10.6. The Balaban J connectivity index is 3.22. The van der Waals surface area contributed by atoms with Crippen LogP contribution in [0.4, 0.5) is 0 Å². The van der Waals surface area contributed by atoms with Crippen molar-refractivity contribution in [2.24, 2.45) is 0 Å². The topological polar surface area (TPSA) is 69.6 Å². The minimum atomic E-state index is -1.44. The number of hydrogen-bond acceptors (Lipinski definition) is 3. The Morgan fingerprint density at radius 1 is 1.60 bits per heavy atom. The van der Waals surface area contributed by atoms with Crippen molar-refractivity contribution in [3.05, 3.63) is 0 Å². The van der Waals surface area contributed by atoms with E-state index in [2.05, 4.69) is 5.32 Å². The second-order valence-electron chi connectivity index (χ2n) is 2.03. The lowest BCUT2D eigenvalue weighted by molar-refractivity contribution is -0.120. The average molecular weight is 145 g/mol. The summed E-state index contributed by atoms with van der Waals surface area (Å²) in [7, 11) is -1.44. The molecule has 0 saturated heterocycles. The number of amides is 1. The van der Waals surface area contributed by atoms with Gasteiger partial charge in [0.05, 0.1) is 6.44 Å². The fraction of sp³-hybridized carbons (Fsp3) is 0.800. The van der Waals surface area contributed by atoms with Gasteiger partial charge in [-0.05, 0) is 6.42 Å². The normalized spacial score (nSPS) is 9.10. The second kappa shape index (κ2) is 5.26. The Bertz CT molecular complexity index is 107. The fourth-order valence-corrected chi connectivity index (χ4v) is 0.521. The van der Waals surface area contributed by atoms with Crippen LogP contribution in [0, 0.1) is 0 Å². The maximum Gasteiger partial charge on any atom is 0.472 e. The third-order valence-corrected chi connectivity index (χ3v) is 0.959. The number of carbonyl (C=O) groups excluding carboxylic acids is 1. The smallest absolute Gasteiger partial charge is 0.426 e. The van der Waals surface area contributed by atoms with E-state index >= 15 is 0 Å². The van der Waals surface area contributed by atoms with Gasteiger partial charge in [0.2, 0.25) is 5.91 Å². The molecule has 1 amide bonds. The first kappa shape index (κ1) is 9.45. The SMILES string of the molecule is CCCC(=O)NCB(O)O. The van der Waals surface area contributed by atoms with Gasteiger partial charge in [0.25, 0.3) is 0 Å². The molecule has 0 rings (SSSR count). The molecular weight excluding hydrogens is 133 g/mol. The van der Waals surface area contributed by atoms with E-state index in [-0.39, 0.29) is 12.4 Å². The van der Waals surface area contributed by atoms with E-state index in [1.807, 2.05) is 6.92 Å². The highest BCUT2D eigenvalue weighted by molar-refractivity contribution is 6.41. The van der Waals surface area contributed by atoms with Crippen molar-refractivity contribution in [2.45, 2.75) is 19.8 Å². The van der Waals surface area contributed by atoms with E-state index in [1.165, 1.54) is 0 Å². The molecule has 0 spiro atoms. The van der Waals surface area contributed by atoms with Gasteiger partial charge in [-0.1, -0.05) is 6.92 Å². The third kappa shape index (κ3) is 5.59. The van der Waals surface area contributed by atoms with E-state index in [4.69, 9.17) is 10.0 Å². The predicted octanol–water partition coefficient (Wildman–Crippen LogP) is -1.09. The van der Waals surface area contributed by atoms with Crippen LogP contribution in [0.3, 0.4) is 0 Å². The van der Waals surface area contributed by atoms with E-state index in [9.17, 15) is 4.79 Å². The summed E-state index contributed by atoms with van der Waals surface area (Å²) in [5.74, 6) is -0.143. The number of hydrogen-bond donors (Lipinski definition) is 3. The molecule has 10 heavy (non-hydrogen) atoms. The van der Waals surface area contributed by atoms with Crippen LogP contribution >= 0.6 is 0 Å². The van der Waals surface area contributed by atoms with Crippen LogP contribution in [-0.2, 0) is 4.79 Å². The quantitative estimate of drug-likeness (QED) is 0.440. The molecule has 4 nitrogen and oxygen atoms in total. The Morgan fingerprint density at radius 3 is 2.60 bits per heavy atom. The van der Waals surface area contributed by atoms with Crippen molar-refractivity contribution in [1.29, 1.82) is 0 Å². The molecule has 0 aliphatic rings. The highest BCUT2D eigenvalue weighted by Gasteiger charge is 2.07.